The van der Waals surface area contributed by atoms with Crippen molar-refractivity contribution in [2.45, 2.75) is 18.4 Å². The molecule has 0 spiro atoms. The van der Waals surface area contributed by atoms with E-state index in [-0.39, 0.29) is 23.9 Å². The van der Waals surface area contributed by atoms with Crippen LogP contribution in [0.4, 0.5) is 0 Å². The van der Waals surface area contributed by atoms with E-state index in [4.69, 9.17) is 8.83 Å². The van der Waals surface area contributed by atoms with Crippen molar-refractivity contribution in [3.05, 3.63) is 30.5 Å². The molecule has 1 amide bonds. The number of hydrogen-bond donors (Lipinski definition) is 2. The molecule has 0 aliphatic carbocycles. The Hall–Kier alpha value is -2.12. The summed E-state index contributed by atoms with van der Waals surface area (Å²) in [6.07, 6.45) is 3.97. The van der Waals surface area contributed by atoms with Crippen LogP contribution >= 0.6 is 0 Å². The Balaban J connectivity index is 1.65. The summed E-state index contributed by atoms with van der Waals surface area (Å²) in [4.78, 5) is 18.4. The lowest BCUT2D eigenvalue weighted by Crippen LogP contribution is -2.50. The van der Waals surface area contributed by atoms with Gasteiger partial charge in [0.2, 0.25) is 5.76 Å². The number of piperidine rings is 1. The van der Waals surface area contributed by atoms with Crippen molar-refractivity contribution in [1.29, 1.82) is 0 Å². The SMILES string of the molecule is CN1CCC(O)(CNC(=O)c2ncoc2-c2ccco2)CC1. The standard InChI is InChI=1S/C15H19N3O4/c1-18-6-4-15(20,5-7-18)9-16-14(19)12-13(22-10-17-12)11-3-2-8-21-11/h2-3,8,10,20H,4-7,9H2,1H3,(H,16,19). The van der Waals surface area contributed by atoms with Crippen LogP contribution < -0.4 is 5.32 Å². The Labute approximate surface area is 127 Å². The Morgan fingerprint density at radius 1 is 1.45 bits per heavy atom. The first-order valence-electron chi connectivity index (χ1n) is 7.24. The molecule has 7 nitrogen and oxygen atoms in total. The Kier molecular flexibility index (Phi) is 4.00. The zero-order valence-corrected chi connectivity index (χ0v) is 12.4. The molecule has 1 aliphatic heterocycles. The lowest BCUT2D eigenvalue weighted by Gasteiger charge is -2.36. The maximum atomic E-state index is 12.3. The van der Waals surface area contributed by atoms with Gasteiger partial charge < -0.3 is 24.2 Å². The summed E-state index contributed by atoms with van der Waals surface area (Å²) in [7, 11) is 2.02. The van der Waals surface area contributed by atoms with Gasteiger partial charge >= 0.3 is 0 Å². The Bertz CT molecular complexity index is 627. The summed E-state index contributed by atoms with van der Waals surface area (Å²) in [5.74, 6) is 0.353. The first-order valence-corrected chi connectivity index (χ1v) is 7.24. The molecule has 2 N–H and O–H groups in total. The second-order valence-electron chi connectivity index (χ2n) is 5.72. The molecule has 3 rings (SSSR count). The van der Waals surface area contributed by atoms with Crippen LogP contribution in [0.5, 0.6) is 0 Å². The van der Waals surface area contributed by atoms with E-state index in [0.29, 0.717) is 18.6 Å². The van der Waals surface area contributed by atoms with E-state index >= 15 is 0 Å². The number of amides is 1. The predicted octanol–water partition coefficient (Wildman–Crippen LogP) is 1.12. The highest BCUT2D eigenvalue weighted by molar-refractivity contribution is 5.97. The maximum Gasteiger partial charge on any atom is 0.274 e. The number of nitrogens with one attached hydrogen (secondary N) is 1. The molecular weight excluding hydrogens is 286 g/mol. The molecule has 0 radical (unpaired) electrons. The highest BCUT2D eigenvalue weighted by Gasteiger charge is 2.32. The lowest BCUT2D eigenvalue weighted by molar-refractivity contribution is -0.0135. The number of nitrogens with zero attached hydrogens (tertiary/aromatic N) is 2. The highest BCUT2D eigenvalue weighted by atomic mass is 16.4. The molecule has 7 heteroatoms. The van der Waals surface area contributed by atoms with Gasteiger partial charge in [0.15, 0.2) is 17.8 Å². The number of likely N-dealkylation sites (tertiary alicyclic amines) is 1. The fourth-order valence-electron chi connectivity index (χ4n) is 2.53. The molecular formula is C15H19N3O4. The van der Waals surface area contributed by atoms with E-state index in [1.807, 2.05) is 7.05 Å². The van der Waals surface area contributed by atoms with Gasteiger partial charge in [0.05, 0.1) is 11.9 Å². The highest BCUT2D eigenvalue weighted by Crippen LogP contribution is 2.24. The van der Waals surface area contributed by atoms with Gasteiger partial charge in [-0.1, -0.05) is 0 Å². The summed E-state index contributed by atoms with van der Waals surface area (Å²) >= 11 is 0. The molecule has 22 heavy (non-hydrogen) atoms. The number of hydrogen-bond acceptors (Lipinski definition) is 6. The van der Waals surface area contributed by atoms with Crippen LogP contribution in [0.1, 0.15) is 23.3 Å². The summed E-state index contributed by atoms with van der Waals surface area (Å²) in [6, 6.07) is 3.41. The number of rotatable bonds is 4. The fourth-order valence-corrected chi connectivity index (χ4v) is 2.53. The van der Waals surface area contributed by atoms with Crippen LogP contribution in [-0.4, -0.2) is 53.2 Å². The monoisotopic (exact) mass is 305 g/mol. The minimum Gasteiger partial charge on any atom is -0.461 e. The van der Waals surface area contributed by atoms with Gasteiger partial charge in [-0.2, -0.15) is 0 Å². The number of carbonyl (C=O) groups is 1. The van der Waals surface area contributed by atoms with Gasteiger partial charge in [-0.3, -0.25) is 4.79 Å². The van der Waals surface area contributed by atoms with E-state index in [1.54, 1.807) is 12.1 Å². The van der Waals surface area contributed by atoms with Crippen LogP contribution in [0.25, 0.3) is 11.5 Å². The molecule has 1 fully saturated rings. The van der Waals surface area contributed by atoms with E-state index in [2.05, 4.69) is 15.2 Å². The first kappa shape index (κ1) is 14.8. The van der Waals surface area contributed by atoms with E-state index in [0.717, 1.165) is 13.1 Å². The average molecular weight is 305 g/mol. The fraction of sp³-hybridized carbons (Fsp3) is 0.467. The second kappa shape index (κ2) is 5.94. The Morgan fingerprint density at radius 2 is 2.23 bits per heavy atom. The summed E-state index contributed by atoms with van der Waals surface area (Å²) in [5, 5.41) is 13.2. The van der Waals surface area contributed by atoms with Gasteiger partial charge in [0.1, 0.15) is 0 Å². The average Bonchev–Trinajstić information content (AvgIpc) is 3.18. The first-order chi connectivity index (χ1) is 10.6. The zero-order valence-electron chi connectivity index (χ0n) is 12.4. The van der Waals surface area contributed by atoms with Crippen molar-refractivity contribution in [2.24, 2.45) is 0 Å². The smallest absolute Gasteiger partial charge is 0.274 e. The molecule has 0 saturated carbocycles. The number of aromatic nitrogens is 1. The van der Waals surface area contributed by atoms with Crippen LogP contribution in [0.15, 0.2) is 33.6 Å². The van der Waals surface area contributed by atoms with Crippen molar-refractivity contribution in [3.63, 3.8) is 0 Å². The quantitative estimate of drug-likeness (QED) is 0.879. The number of oxazole rings is 1. The van der Waals surface area contributed by atoms with Crippen molar-refractivity contribution < 1.29 is 18.7 Å². The number of carbonyl (C=O) groups excluding carboxylic acids is 1. The van der Waals surface area contributed by atoms with Crippen molar-refractivity contribution >= 4 is 5.91 Å². The van der Waals surface area contributed by atoms with E-state index in [1.165, 1.54) is 12.7 Å². The number of furan rings is 1. The molecule has 0 aromatic carbocycles. The molecule has 1 saturated heterocycles. The third-order valence-electron chi connectivity index (χ3n) is 4.02. The molecule has 0 atom stereocenters. The lowest BCUT2D eigenvalue weighted by atomic mass is 9.91. The van der Waals surface area contributed by atoms with E-state index in [9.17, 15) is 9.90 Å². The largest absolute Gasteiger partial charge is 0.461 e. The molecule has 118 valence electrons. The van der Waals surface area contributed by atoms with Crippen LogP contribution in [-0.2, 0) is 0 Å². The third-order valence-corrected chi connectivity index (χ3v) is 4.02. The van der Waals surface area contributed by atoms with Crippen molar-refractivity contribution in [3.8, 4) is 11.5 Å². The van der Waals surface area contributed by atoms with Crippen LogP contribution in [0.2, 0.25) is 0 Å². The van der Waals surface area contributed by atoms with Gasteiger partial charge in [0, 0.05) is 19.6 Å². The summed E-state index contributed by atoms with van der Waals surface area (Å²) < 4.78 is 10.5. The molecule has 0 bridgehead atoms. The van der Waals surface area contributed by atoms with Gasteiger partial charge in [0.25, 0.3) is 5.91 Å². The summed E-state index contributed by atoms with van der Waals surface area (Å²) in [5.41, 5.74) is -0.706. The second-order valence-corrected chi connectivity index (χ2v) is 5.72. The van der Waals surface area contributed by atoms with Gasteiger partial charge in [-0.25, -0.2) is 4.98 Å². The predicted molar refractivity (Wildman–Crippen MR) is 78.2 cm³/mol. The zero-order chi connectivity index (χ0) is 15.6. The Morgan fingerprint density at radius 3 is 2.91 bits per heavy atom. The molecule has 0 unspecified atom stereocenters. The normalized spacial score (nSPS) is 18.3. The maximum absolute atomic E-state index is 12.3. The molecule has 1 aliphatic rings. The van der Waals surface area contributed by atoms with Gasteiger partial charge in [-0.05, 0) is 32.0 Å². The van der Waals surface area contributed by atoms with Crippen LogP contribution in [0.3, 0.4) is 0 Å². The van der Waals surface area contributed by atoms with Crippen molar-refractivity contribution in [1.82, 2.24) is 15.2 Å². The molecule has 2 aromatic heterocycles. The van der Waals surface area contributed by atoms with E-state index < -0.39 is 5.60 Å². The van der Waals surface area contributed by atoms with Crippen LogP contribution in [0, 0.1) is 0 Å². The number of aliphatic hydroxyl groups is 1. The molecule has 3 heterocycles. The minimum atomic E-state index is -0.864. The minimum absolute atomic E-state index is 0.159. The van der Waals surface area contributed by atoms with Crippen molar-refractivity contribution in [2.75, 3.05) is 26.7 Å². The topological polar surface area (TPSA) is 91.7 Å². The summed E-state index contributed by atoms with van der Waals surface area (Å²) in [6.45, 7) is 1.83. The third kappa shape index (κ3) is 3.05. The van der Waals surface area contributed by atoms with Gasteiger partial charge in [-0.15, -0.1) is 0 Å². The molecule has 2 aromatic rings.